The largest absolute Gasteiger partial charge is 0.504 e. The van der Waals surface area contributed by atoms with Crippen LogP contribution in [0.4, 0.5) is 0 Å². The zero-order valence-corrected chi connectivity index (χ0v) is 20.3. The molecule has 2 bridgehead atoms. The van der Waals surface area contributed by atoms with Gasteiger partial charge in [-0.1, -0.05) is 24.3 Å². The Kier molecular flexibility index (Phi) is 4.63. The quantitative estimate of drug-likeness (QED) is 0.641. The molecule has 3 fully saturated rings. The molecule has 1 saturated heterocycles. The minimum Gasteiger partial charge on any atom is -0.504 e. The highest BCUT2D eigenvalue weighted by Gasteiger charge is 2.73. The molecule has 5 atom stereocenters. The number of allylic oxidation sites excluding steroid dienone is 5. The van der Waals surface area contributed by atoms with Crippen LogP contribution >= 0.6 is 0 Å². The molecule has 0 aromatic heterocycles. The van der Waals surface area contributed by atoms with Gasteiger partial charge in [-0.3, -0.25) is 9.69 Å². The molecule has 1 aromatic carbocycles. The summed E-state index contributed by atoms with van der Waals surface area (Å²) in [5, 5.41) is 23.3. The minimum atomic E-state index is -0.924. The van der Waals surface area contributed by atoms with Crippen LogP contribution in [0.1, 0.15) is 49.7 Å². The monoisotopic (exact) mass is 474 g/mol. The topological polar surface area (TPSA) is 73.2 Å². The minimum absolute atomic E-state index is 0.0499. The molecule has 0 unspecified atom stereocenters. The molecule has 1 spiro atoms. The number of rotatable bonds is 5. The summed E-state index contributed by atoms with van der Waals surface area (Å²) in [5.41, 5.74) is 1.73. The van der Waals surface area contributed by atoms with Gasteiger partial charge in [0.15, 0.2) is 11.5 Å². The molecule has 184 valence electrons. The van der Waals surface area contributed by atoms with Gasteiger partial charge in [-0.25, -0.2) is 0 Å². The van der Waals surface area contributed by atoms with Crippen LogP contribution in [0.15, 0.2) is 48.1 Å². The molecule has 2 heterocycles. The number of phenolic OH excluding ortho intramolecular Hbond substituents is 1. The molecular formula is C29H34N2O4. The van der Waals surface area contributed by atoms with Gasteiger partial charge in [0.25, 0.3) is 0 Å². The number of piperidine rings is 1. The molecule has 0 radical (unpaired) electrons. The number of nitrogens with zero attached hydrogens (tertiary/aromatic N) is 2. The van der Waals surface area contributed by atoms with E-state index in [1.807, 2.05) is 25.3 Å². The number of hydrogen-bond donors (Lipinski definition) is 2. The van der Waals surface area contributed by atoms with Crippen molar-refractivity contribution in [1.29, 1.82) is 0 Å². The van der Waals surface area contributed by atoms with Gasteiger partial charge in [-0.05, 0) is 80.7 Å². The van der Waals surface area contributed by atoms with Crippen LogP contribution in [0.3, 0.4) is 0 Å². The highest BCUT2D eigenvalue weighted by atomic mass is 16.5. The molecule has 2 aliphatic heterocycles. The Morgan fingerprint density at radius 2 is 2.14 bits per heavy atom. The first-order valence-electron chi connectivity index (χ1n) is 13.2. The van der Waals surface area contributed by atoms with Gasteiger partial charge in [0, 0.05) is 31.3 Å². The molecule has 6 nitrogen and oxygen atoms in total. The predicted molar refractivity (Wildman–Crippen MR) is 132 cm³/mol. The first-order chi connectivity index (χ1) is 16.9. The number of likely N-dealkylation sites (tertiary alicyclic amines) is 1. The fourth-order valence-corrected chi connectivity index (χ4v) is 7.90. The lowest BCUT2D eigenvalue weighted by Crippen LogP contribution is -2.78. The Morgan fingerprint density at radius 1 is 1.29 bits per heavy atom. The molecule has 2 saturated carbocycles. The second-order valence-corrected chi connectivity index (χ2v) is 11.5. The number of aliphatic hydroxyl groups is 1. The van der Waals surface area contributed by atoms with Crippen molar-refractivity contribution in [2.24, 2.45) is 5.92 Å². The van der Waals surface area contributed by atoms with E-state index in [4.69, 9.17) is 4.74 Å². The van der Waals surface area contributed by atoms with Crippen molar-refractivity contribution in [2.75, 3.05) is 20.1 Å². The summed E-state index contributed by atoms with van der Waals surface area (Å²) in [6.07, 6.45) is 15.7. The van der Waals surface area contributed by atoms with Gasteiger partial charge in [-0.2, -0.15) is 0 Å². The Bertz CT molecular complexity index is 1180. The number of benzene rings is 1. The molecule has 35 heavy (non-hydrogen) atoms. The summed E-state index contributed by atoms with van der Waals surface area (Å²) in [7, 11) is 1.85. The van der Waals surface area contributed by atoms with E-state index in [-0.39, 0.29) is 29.8 Å². The van der Waals surface area contributed by atoms with Gasteiger partial charge >= 0.3 is 0 Å². The number of carbonyl (C=O) groups excluding carboxylic acids is 1. The molecule has 6 heteroatoms. The third-order valence-corrected chi connectivity index (χ3v) is 9.79. The van der Waals surface area contributed by atoms with Crippen molar-refractivity contribution in [2.45, 2.75) is 74.1 Å². The first kappa shape index (κ1) is 21.7. The van der Waals surface area contributed by atoms with Crippen LogP contribution in [0.2, 0.25) is 0 Å². The average Bonchev–Trinajstić information content (AvgIpc) is 3.36. The molecule has 4 aliphatic carbocycles. The van der Waals surface area contributed by atoms with Crippen molar-refractivity contribution in [3.8, 4) is 11.5 Å². The van der Waals surface area contributed by atoms with Crippen LogP contribution in [-0.2, 0) is 16.6 Å². The summed E-state index contributed by atoms with van der Waals surface area (Å²) in [4.78, 5) is 17.6. The van der Waals surface area contributed by atoms with E-state index in [0.29, 0.717) is 18.6 Å². The second kappa shape index (κ2) is 7.47. The lowest BCUT2D eigenvalue weighted by Gasteiger charge is -2.64. The Balaban J connectivity index is 1.27. The number of hydrogen-bond acceptors (Lipinski definition) is 5. The van der Waals surface area contributed by atoms with E-state index in [1.165, 1.54) is 18.4 Å². The SMILES string of the molecule is CN(C(=O)/C=C/C1=CCC=C1)[C@@H]1CC[C@@]2(O)[C@@H]3Cc4ccc(O)c5c4[C@@]2(CCN3CC2CC2)[C@H]1O5. The zero-order valence-electron chi connectivity index (χ0n) is 20.3. The second-order valence-electron chi connectivity index (χ2n) is 11.5. The number of carbonyl (C=O) groups is 1. The summed E-state index contributed by atoms with van der Waals surface area (Å²) >= 11 is 0. The van der Waals surface area contributed by atoms with E-state index in [0.717, 1.165) is 49.4 Å². The summed E-state index contributed by atoms with van der Waals surface area (Å²) < 4.78 is 6.60. The Labute approximate surface area is 206 Å². The average molecular weight is 475 g/mol. The van der Waals surface area contributed by atoms with Crippen molar-refractivity contribution < 1.29 is 19.7 Å². The number of amides is 1. The van der Waals surface area contributed by atoms with Crippen LogP contribution in [-0.4, -0.2) is 69.8 Å². The zero-order chi connectivity index (χ0) is 23.9. The van der Waals surface area contributed by atoms with E-state index >= 15 is 0 Å². The van der Waals surface area contributed by atoms with E-state index in [9.17, 15) is 15.0 Å². The Hall–Kier alpha value is -2.57. The van der Waals surface area contributed by atoms with E-state index in [2.05, 4.69) is 17.1 Å². The maximum atomic E-state index is 13.2. The fourth-order valence-electron chi connectivity index (χ4n) is 7.90. The van der Waals surface area contributed by atoms with Crippen LogP contribution in [0.5, 0.6) is 11.5 Å². The van der Waals surface area contributed by atoms with Gasteiger partial charge < -0.3 is 19.8 Å². The normalized spacial score (nSPS) is 36.7. The predicted octanol–water partition coefficient (Wildman–Crippen LogP) is 3.23. The lowest BCUT2D eigenvalue weighted by atomic mass is 9.48. The fraction of sp³-hybridized carbons (Fsp3) is 0.552. The summed E-state index contributed by atoms with van der Waals surface area (Å²) in [6.45, 7) is 1.98. The molecule has 6 aliphatic rings. The third kappa shape index (κ3) is 2.93. The van der Waals surface area contributed by atoms with Gasteiger partial charge in [0.1, 0.15) is 6.10 Å². The van der Waals surface area contributed by atoms with Gasteiger partial charge in [0.05, 0.1) is 17.1 Å². The number of ether oxygens (including phenoxy) is 1. The van der Waals surface area contributed by atoms with E-state index in [1.54, 1.807) is 17.0 Å². The molecular weight excluding hydrogens is 440 g/mol. The number of phenols is 1. The van der Waals surface area contributed by atoms with Crippen LogP contribution in [0.25, 0.3) is 0 Å². The van der Waals surface area contributed by atoms with Crippen molar-refractivity contribution in [1.82, 2.24) is 9.80 Å². The standard InChI is InChI=1S/C29H34N2O4/c1-30(24(33)11-8-18-4-2-3-5-18)21-12-13-29(34)23-16-20-9-10-22(32)26-25(20)28(29,27(21)35-26)14-15-31(23)17-19-6-7-19/h2,4-5,8-11,19,21,23,27,32,34H,3,6-7,12-17H2,1H3/b11-8+/t21-,23+,27+,28+,29-/m1/s1. The summed E-state index contributed by atoms with van der Waals surface area (Å²) in [5.74, 6) is 1.38. The number of aromatic hydroxyl groups is 1. The van der Waals surface area contributed by atoms with Crippen LogP contribution < -0.4 is 4.74 Å². The summed E-state index contributed by atoms with van der Waals surface area (Å²) in [6, 6.07) is 3.64. The maximum absolute atomic E-state index is 13.2. The highest BCUT2D eigenvalue weighted by molar-refractivity contribution is 5.88. The maximum Gasteiger partial charge on any atom is 0.246 e. The number of likely N-dealkylation sites (N-methyl/N-ethyl adjacent to an activating group) is 1. The first-order valence-corrected chi connectivity index (χ1v) is 13.2. The molecule has 7 rings (SSSR count). The smallest absolute Gasteiger partial charge is 0.246 e. The molecule has 1 aromatic rings. The molecule has 2 N–H and O–H groups in total. The highest BCUT2D eigenvalue weighted by Crippen LogP contribution is 2.66. The van der Waals surface area contributed by atoms with Crippen molar-refractivity contribution in [3.05, 3.63) is 59.2 Å². The lowest BCUT2D eigenvalue weighted by molar-refractivity contribution is -0.200. The van der Waals surface area contributed by atoms with Gasteiger partial charge in [0.2, 0.25) is 5.91 Å². The van der Waals surface area contributed by atoms with Crippen molar-refractivity contribution >= 4 is 5.91 Å². The third-order valence-electron chi connectivity index (χ3n) is 9.79. The van der Waals surface area contributed by atoms with E-state index < -0.39 is 11.0 Å². The van der Waals surface area contributed by atoms with Crippen molar-refractivity contribution in [3.63, 3.8) is 0 Å². The molecule has 1 amide bonds. The van der Waals surface area contributed by atoms with Crippen LogP contribution in [0, 0.1) is 5.92 Å². The van der Waals surface area contributed by atoms with Gasteiger partial charge in [-0.15, -0.1) is 0 Å². The Morgan fingerprint density at radius 3 is 2.91 bits per heavy atom.